The van der Waals surface area contributed by atoms with Crippen molar-refractivity contribution >= 4 is 0 Å². The van der Waals surface area contributed by atoms with Gasteiger partial charge in [0.1, 0.15) is 6.23 Å². The van der Waals surface area contributed by atoms with Crippen LogP contribution in [0.3, 0.4) is 0 Å². The molecule has 0 aliphatic rings. The van der Waals surface area contributed by atoms with Gasteiger partial charge in [-0.25, -0.2) is 0 Å². The molecule has 0 spiro atoms. The third-order valence-electron chi connectivity index (χ3n) is 2.04. The maximum absolute atomic E-state index is 5.81. The molecule has 1 rings (SSSR count). The fourth-order valence-corrected chi connectivity index (χ4v) is 1.23. The largest absolute Gasteiger partial charge is 0.363 e. The highest BCUT2D eigenvalue weighted by atomic mass is 16.5. The molecule has 0 bridgehead atoms. The average molecular weight is 192 g/mol. The molecule has 0 aromatic heterocycles. The molecule has 0 aliphatic heterocycles. The molecule has 1 radical (unpaired) electrons. The molecular formula is C12H18NO. The molecule has 2 N–H and O–H groups in total. The summed E-state index contributed by atoms with van der Waals surface area (Å²) in [5.41, 5.74) is 6.99. The van der Waals surface area contributed by atoms with Gasteiger partial charge in [-0.3, -0.25) is 0 Å². The highest BCUT2D eigenvalue weighted by Gasteiger charge is 2.02. The van der Waals surface area contributed by atoms with Crippen LogP contribution in [-0.4, -0.2) is 12.8 Å². The van der Waals surface area contributed by atoms with Crippen LogP contribution < -0.4 is 5.73 Å². The van der Waals surface area contributed by atoms with Crippen molar-refractivity contribution in [2.45, 2.75) is 32.4 Å². The highest BCUT2D eigenvalue weighted by molar-refractivity contribution is 5.14. The zero-order chi connectivity index (χ0) is 10.2. The first-order valence-corrected chi connectivity index (χ1v) is 5.15. The minimum absolute atomic E-state index is 0.183. The SMILES string of the molecule is CCCCOC(N)Cc1c[c]ccc1. The maximum Gasteiger partial charge on any atom is 0.109 e. The van der Waals surface area contributed by atoms with Crippen LogP contribution in [0.5, 0.6) is 0 Å². The zero-order valence-corrected chi connectivity index (χ0v) is 8.70. The van der Waals surface area contributed by atoms with E-state index < -0.39 is 0 Å². The number of hydrogen-bond acceptors (Lipinski definition) is 2. The van der Waals surface area contributed by atoms with Crippen LogP contribution in [0.15, 0.2) is 24.3 Å². The molecule has 1 aromatic carbocycles. The Morgan fingerprint density at radius 2 is 2.43 bits per heavy atom. The predicted octanol–water partition coefficient (Wildman–Crippen LogP) is 2.13. The van der Waals surface area contributed by atoms with Crippen LogP contribution in [0, 0.1) is 6.07 Å². The lowest BCUT2D eigenvalue weighted by atomic mass is 10.1. The van der Waals surface area contributed by atoms with Gasteiger partial charge >= 0.3 is 0 Å². The van der Waals surface area contributed by atoms with E-state index in [1.165, 1.54) is 5.56 Å². The van der Waals surface area contributed by atoms with E-state index in [0.29, 0.717) is 0 Å². The first-order valence-electron chi connectivity index (χ1n) is 5.15. The molecule has 2 heteroatoms. The third kappa shape index (κ3) is 4.40. The fraction of sp³-hybridized carbons (Fsp3) is 0.500. The van der Waals surface area contributed by atoms with Gasteiger partial charge in [0.25, 0.3) is 0 Å². The van der Waals surface area contributed by atoms with E-state index in [0.717, 1.165) is 25.9 Å². The second-order valence-corrected chi connectivity index (χ2v) is 3.38. The van der Waals surface area contributed by atoms with Crippen molar-refractivity contribution in [1.82, 2.24) is 0 Å². The minimum atomic E-state index is -0.183. The molecular weight excluding hydrogens is 174 g/mol. The normalized spacial score (nSPS) is 12.7. The van der Waals surface area contributed by atoms with Crippen molar-refractivity contribution in [2.75, 3.05) is 6.61 Å². The third-order valence-corrected chi connectivity index (χ3v) is 2.04. The van der Waals surface area contributed by atoms with Crippen molar-refractivity contribution in [1.29, 1.82) is 0 Å². The Hall–Kier alpha value is -0.860. The summed E-state index contributed by atoms with van der Waals surface area (Å²) < 4.78 is 5.45. The summed E-state index contributed by atoms with van der Waals surface area (Å²) in [5.74, 6) is 0. The molecule has 0 heterocycles. The average Bonchev–Trinajstić information content (AvgIpc) is 2.20. The van der Waals surface area contributed by atoms with Gasteiger partial charge in [0.15, 0.2) is 0 Å². The highest BCUT2D eigenvalue weighted by Crippen LogP contribution is 2.02. The summed E-state index contributed by atoms with van der Waals surface area (Å²) in [5, 5.41) is 0. The van der Waals surface area contributed by atoms with Gasteiger partial charge in [-0.2, -0.15) is 0 Å². The van der Waals surface area contributed by atoms with Gasteiger partial charge in [-0.1, -0.05) is 37.6 Å². The Morgan fingerprint density at radius 1 is 1.57 bits per heavy atom. The number of rotatable bonds is 6. The van der Waals surface area contributed by atoms with Crippen LogP contribution in [0.4, 0.5) is 0 Å². The second-order valence-electron chi connectivity index (χ2n) is 3.38. The topological polar surface area (TPSA) is 35.2 Å². The molecule has 0 aliphatic carbocycles. The van der Waals surface area contributed by atoms with E-state index in [9.17, 15) is 0 Å². The number of ether oxygens (including phenoxy) is 1. The number of unbranched alkanes of at least 4 members (excludes halogenated alkanes) is 1. The van der Waals surface area contributed by atoms with E-state index in [4.69, 9.17) is 10.5 Å². The standard InChI is InChI=1S/C12H18NO/c1-2-3-9-14-12(13)10-11-7-5-4-6-8-11/h4-5,7-8,12H,2-3,9-10,13H2,1H3. The van der Waals surface area contributed by atoms with E-state index in [-0.39, 0.29) is 6.23 Å². The van der Waals surface area contributed by atoms with Gasteiger partial charge in [-0.15, -0.1) is 0 Å². The molecule has 0 saturated heterocycles. The summed E-state index contributed by atoms with van der Waals surface area (Å²) in [4.78, 5) is 0. The molecule has 0 amide bonds. The van der Waals surface area contributed by atoms with Gasteiger partial charge in [0, 0.05) is 13.0 Å². The maximum atomic E-state index is 5.81. The van der Waals surface area contributed by atoms with Crippen molar-refractivity contribution in [3.8, 4) is 0 Å². The van der Waals surface area contributed by atoms with E-state index in [1.54, 1.807) is 0 Å². The number of nitrogens with two attached hydrogens (primary N) is 1. The van der Waals surface area contributed by atoms with Gasteiger partial charge in [-0.05, 0) is 18.1 Å². The van der Waals surface area contributed by atoms with E-state index in [2.05, 4.69) is 13.0 Å². The van der Waals surface area contributed by atoms with Crippen LogP contribution in [0.1, 0.15) is 25.3 Å². The summed E-state index contributed by atoms with van der Waals surface area (Å²) in [6.07, 6.45) is 2.80. The predicted molar refractivity (Wildman–Crippen MR) is 57.8 cm³/mol. The first kappa shape index (κ1) is 11.2. The Labute approximate surface area is 86.1 Å². The lowest BCUT2D eigenvalue weighted by Gasteiger charge is -2.12. The van der Waals surface area contributed by atoms with E-state index >= 15 is 0 Å². The van der Waals surface area contributed by atoms with Crippen LogP contribution in [0.2, 0.25) is 0 Å². The Kier molecular flexibility index (Phi) is 5.27. The van der Waals surface area contributed by atoms with Gasteiger partial charge in [0.2, 0.25) is 0 Å². The Morgan fingerprint density at radius 3 is 3.07 bits per heavy atom. The lowest BCUT2D eigenvalue weighted by Crippen LogP contribution is -2.26. The van der Waals surface area contributed by atoms with E-state index in [1.807, 2.05) is 24.3 Å². The first-order chi connectivity index (χ1) is 6.83. The monoisotopic (exact) mass is 192 g/mol. The van der Waals surface area contributed by atoms with Crippen LogP contribution in [0.25, 0.3) is 0 Å². The summed E-state index contributed by atoms with van der Waals surface area (Å²) in [6.45, 7) is 2.90. The van der Waals surface area contributed by atoms with Crippen molar-refractivity contribution in [2.24, 2.45) is 5.73 Å². The smallest absolute Gasteiger partial charge is 0.109 e. The molecule has 14 heavy (non-hydrogen) atoms. The second kappa shape index (κ2) is 6.57. The lowest BCUT2D eigenvalue weighted by molar-refractivity contribution is 0.0562. The summed E-state index contributed by atoms with van der Waals surface area (Å²) >= 11 is 0. The Bertz CT molecular complexity index is 235. The molecule has 0 fully saturated rings. The van der Waals surface area contributed by atoms with Gasteiger partial charge < -0.3 is 10.5 Å². The molecule has 1 unspecified atom stereocenters. The van der Waals surface area contributed by atoms with Crippen molar-refractivity contribution in [3.05, 3.63) is 35.9 Å². The quantitative estimate of drug-likeness (QED) is 0.553. The summed E-state index contributed by atoms with van der Waals surface area (Å²) in [7, 11) is 0. The molecule has 1 aromatic rings. The number of hydrogen-bond donors (Lipinski definition) is 1. The number of benzene rings is 1. The zero-order valence-electron chi connectivity index (χ0n) is 8.70. The van der Waals surface area contributed by atoms with Crippen LogP contribution >= 0.6 is 0 Å². The molecule has 0 saturated carbocycles. The van der Waals surface area contributed by atoms with Crippen molar-refractivity contribution < 1.29 is 4.74 Å². The molecule has 2 nitrogen and oxygen atoms in total. The van der Waals surface area contributed by atoms with Gasteiger partial charge in [0.05, 0.1) is 0 Å². The molecule has 1 atom stereocenters. The minimum Gasteiger partial charge on any atom is -0.363 e. The fourth-order valence-electron chi connectivity index (χ4n) is 1.23. The summed E-state index contributed by atoms with van der Waals surface area (Å²) in [6, 6.07) is 10.9. The van der Waals surface area contributed by atoms with Crippen LogP contribution in [-0.2, 0) is 11.2 Å². The van der Waals surface area contributed by atoms with Crippen molar-refractivity contribution in [3.63, 3.8) is 0 Å². The Balaban J connectivity index is 2.23. The molecule has 77 valence electrons.